The largest absolute Gasteiger partial charge is 0.238 e. The van der Waals surface area contributed by atoms with Crippen molar-refractivity contribution in [3.63, 3.8) is 0 Å². The summed E-state index contributed by atoms with van der Waals surface area (Å²) in [5.41, 5.74) is 0. The Balaban J connectivity index is 0.000000280. The zero-order chi connectivity index (χ0) is 21.5. The van der Waals surface area contributed by atoms with Crippen LogP contribution < -0.4 is 10.3 Å². The second-order valence-electron chi connectivity index (χ2n) is 5.48. The summed E-state index contributed by atoms with van der Waals surface area (Å²) in [6, 6.07) is 0. The molecule has 0 aliphatic rings. The van der Waals surface area contributed by atoms with E-state index in [-0.39, 0.29) is 23.0 Å². The zero-order valence-electron chi connectivity index (χ0n) is 14.8. The predicted molar refractivity (Wildman–Crippen MR) is 97.0 cm³/mol. The Morgan fingerprint density at radius 2 is 1.43 bits per heavy atom. The maximum Gasteiger partial charge on any atom is 0.234 e. The minimum absolute atomic E-state index is 0.0795. The van der Waals surface area contributed by atoms with Crippen LogP contribution in [0.4, 0.5) is 8.78 Å². The van der Waals surface area contributed by atoms with Crippen LogP contribution in [-0.2, 0) is 26.5 Å². The highest BCUT2D eigenvalue weighted by Crippen LogP contribution is 2.05. The minimum Gasteiger partial charge on any atom is -0.238 e. The van der Waals surface area contributed by atoms with Crippen LogP contribution >= 0.6 is 0 Å². The smallest absolute Gasteiger partial charge is 0.234 e. The molecule has 14 heteroatoms. The van der Waals surface area contributed by atoms with Gasteiger partial charge in [0, 0.05) is 6.42 Å². The second kappa shape index (κ2) is 9.68. The molecule has 4 N–H and O–H groups in total. The van der Waals surface area contributed by atoms with Crippen molar-refractivity contribution in [2.45, 2.75) is 25.5 Å². The molecule has 2 aromatic heterocycles. The molecule has 0 unspecified atom stereocenters. The van der Waals surface area contributed by atoms with Crippen molar-refractivity contribution in [2.75, 3.05) is 0 Å². The number of primary sulfonamides is 2. The van der Waals surface area contributed by atoms with E-state index in [9.17, 15) is 25.6 Å². The van der Waals surface area contributed by atoms with E-state index < -0.39 is 36.9 Å². The first-order valence-electron chi connectivity index (χ1n) is 7.45. The lowest BCUT2D eigenvalue weighted by Crippen LogP contribution is -2.28. The van der Waals surface area contributed by atoms with Gasteiger partial charge in [-0.15, -0.1) is 0 Å². The summed E-state index contributed by atoms with van der Waals surface area (Å²) in [4.78, 5) is 14.3. The van der Waals surface area contributed by atoms with Crippen LogP contribution in [0.1, 0.15) is 25.5 Å². The van der Waals surface area contributed by atoms with Crippen LogP contribution in [0.15, 0.2) is 29.7 Å². The fourth-order valence-corrected chi connectivity index (χ4v) is 2.13. The minimum atomic E-state index is -3.72. The molecule has 0 amide bonds. The molecule has 2 rings (SSSR count). The van der Waals surface area contributed by atoms with E-state index in [2.05, 4.69) is 19.9 Å². The Morgan fingerprint density at radius 3 is 1.82 bits per heavy atom. The van der Waals surface area contributed by atoms with Gasteiger partial charge in [0.25, 0.3) is 0 Å². The summed E-state index contributed by atoms with van der Waals surface area (Å²) in [6.45, 7) is 2.75. The summed E-state index contributed by atoms with van der Waals surface area (Å²) in [5, 5.41) is 8.96. The zero-order valence-corrected chi connectivity index (χ0v) is 16.5. The van der Waals surface area contributed by atoms with Gasteiger partial charge in [-0.05, 0) is 19.9 Å². The molecule has 10 nitrogen and oxygen atoms in total. The van der Waals surface area contributed by atoms with Crippen LogP contribution in [0.25, 0.3) is 6.08 Å². The van der Waals surface area contributed by atoms with Gasteiger partial charge in [-0.25, -0.2) is 55.8 Å². The molecule has 28 heavy (non-hydrogen) atoms. The lowest BCUT2D eigenvalue weighted by Gasteiger charge is -2.06. The molecule has 0 saturated carbocycles. The number of nitrogens with zero attached hydrogens (tertiary/aromatic N) is 4. The van der Waals surface area contributed by atoms with Crippen molar-refractivity contribution < 1.29 is 25.6 Å². The molecule has 154 valence electrons. The third kappa shape index (κ3) is 8.51. The van der Waals surface area contributed by atoms with Gasteiger partial charge in [-0.2, -0.15) is 0 Å². The molecule has 0 aromatic carbocycles. The van der Waals surface area contributed by atoms with Gasteiger partial charge >= 0.3 is 0 Å². The third-order valence-corrected chi connectivity index (χ3v) is 5.43. The number of allylic oxidation sites excluding steroid dienone is 1. The SMILES string of the molecule is C/C(=C\c1ncc(F)cn1)S(N)(=O)=O.C[C@@H](Cc1ncc(F)cn1)S(N)(=O)=O. The number of sulfonamides is 2. The van der Waals surface area contributed by atoms with Crippen LogP contribution in [0.2, 0.25) is 0 Å². The van der Waals surface area contributed by atoms with Gasteiger partial charge in [0.1, 0.15) is 5.82 Å². The molecule has 0 radical (unpaired) electrons. The van der Waals surface area contributed by atoms with E-state index in [1.807, 2.05) is 0 Å². The highest BCUT2D eigenvalue weighted by Gasteiger charge is 2.17. The molecule has 0 aliphatic carbocycles. The van der Waals surface area contributed by atoms with E-state index in [1.165, 1.54) is 13.8 Å². The Morgan fingerprint density at radius 1 is 1.00 bits per heavy atom. The predicted octanol–water partition coefficient (Wildman–Crippen LogP) is 0.100. The Kier molecular flexibility index (Phi) is 8.16. The summed E-state index contributed by atoms with van der Waals surface area (Å²) in [7, 11) is -7.31. The van der Waals surface area contributed by atoms with Gasteiger partial charge in [-0.1, -0.05) is 0 Å². The van der Waals surface area contributed by atoms with Crippen molar-refractivity contribution in [3.8, 4) is 0 Å². The number of rotatable bonds is 5. The maximum absolute atomic E-state index is 12.4. The number of hydrogen-bond donors (Lipinski definition) is 2. The lowest BCUT2D eigenvalue weighted by atomic mass is 10.3. The van der Waals surface area contributed by atoms with E-state index in [4.69, 9.17) is 10.3 Å². The van der Waals surface area contributed by atoms with Gasteiger partial charge in [-0.3, -0.25) is 0 Å². The van der Waals surface area contributed by atoms with E-state index in [0.29, 0.717) is 0 Å². The topological polar surface area (TPSA) is 172 Å². The normalized spacial score (nSPS) is 13.4. The van der Waals surface area contributed by atoms with Crippen molar-refractivity contribution in [2.24, 2.45) is 10.3 Å². The van der Waals surface area contributed by atoms with Crippen molar-refractivity contribution >= 4 is 26.1 Å². The fraction of sp³-hybridized carbons (Fsp3) is 0.286. The first kappa shape index (κ1) is 23.6. The van der Waals surface area contributed by atoms with Crippen molar-refractivity contribution in [1.82, 2.24) is 19.9 Å². The van der Waals surface area contributed by atoms with E-state index >= 15 is 0 Å². The first-order chi connectivity index (χ1) is 12.8. The summed E-state index contributed by atoms with van der Waals surface area (Å²) in [5.74, 6) is -0.793. The molecule has 1 atom stereocenters. The van der Waals surface area contributed by atoms with Crippen LogP contribution in [0.5, 0.6) is 0 Å². The van der Waals surface area contributed by atoms with Crippen molar-refractivity contribution in [3.05, 3.63) is 53.0 Å². The van der Waals surface area contributed by atoms with Gasteiger partial charge in [0.15, 0.2) is 17.5 Å². The molecule has 0 aliphatic heterocycles. The average molecular weight is 436 g/mol. The molecule has 0 saturated heterocycles. The Hall–Kier alpha value is -2.42. The van der Waals surface area contributed by atoms with Gasteiger partial charge < -0.3 is 0 Å². The number of hydrogen-bond acceptors (Lipinski definition) is 8. The van der Waals surface area contributed by atoms with E-state index in [1.54, 1.807) is 0 Å². The standard InChI is InChI=1S/C7H10FN3O2S.C7H8FN3O2S/c2*1-5(14(9,12)13)2-7-10-3-6(8)4-11-7/h3-5H,2H2,1H3,(H2,9,12,13);2-4H,1H3,(H2,9,12,13)/b;5-2+/t5-;/m0./s1. The summed E-state index contributed by atoms with van der Waals surface area (Å²) < 4.78 is 68.0. The van der Waals surface area contributed by atoms with Crippen LogP contribution in [0.3, 0.4) is 0 Å². The maximum atomic E-state index is 12.4. The average Bonchev–Trinajstić information content (AvgIpc) is 2.58. The number of halogens is 2. The monoisotopic (exact) mass is 436 g/mol. The Bertz CT molecular complexity index is 1030. The summed E-state index contributed by atoms with van der Waals surface area (Å²) >= 11 is 0. The van der Waals surface area contributed by atoms with E-state index in [0.717, 1.165) is 30.9 Å². The second-order valence-corrected chi connectivity index (χ2v) is 9.20. The molecule has 0 fully saturated rings. The molecule has 0 spiro atoms. The number of nitrogens with two attached hydrogens (primary N) is 2. The number of aromatic nitrogens is 4. The molecular weight excluding hydrogens is 418 g/mol. The van der Waals surface area contributed by atoms with Crippen LogP contribution in [-0.4, -0.2) is 42.0 Å². The lowest BCUT2D eigenvalue weighted by molar-refractivity contribution is 0.580. The molecule has 0 bridgehead atoms. The molecular formula is C14H18F2N6O4S2. The molecule has 2 heterocycles. The van der Waals surface area contributed by atoms with Crippen LogP contribution in [0, 0.1) is 11.6 Å². The molecule has 2 aromatic rings. The third-order valence-electron chi connectivity index (χ3n) is 3.13. The highest BCUT2D eigenvalue weighted by molar-refractivity contribution is 7.93. The van der Waals surface area contributed by atoms with Gasteiger partial charge in [0.05, 0.1) is 34.9 Å². The van der Waals surface area contributed by atoms with Gasteiger partial charge in [0.2, 0.25) is 20.0 Å². The fourth-order valence-electron chi connectivity index (χ4n) is 1.48. The highest BCUT2D eigenvalue weighted by atomic mass is 32.2. The first-order valence-corrected chi connectivity index (χ1v) is 10.6. The quantitative estimate of drug-likeness (QED) is 0.664. The summed E-state index contributed by atoms with van der Waals surface area (Å²) in [6.07, 6.45) is 5.09. The Labute approximate surface area is 160 Å². The van der Waals surface area contributed by atoms with Crippen molar-refractivity contribution in [1.29, 1.82) is 0 Å².